The molecule has 0 aliphatic carbocycles. The van der Waals surface area contributed by atoms with Crippen LogP contribution in [0.1, 0.15) is 181 Å². The number of sulfone groups is 1. The first-order valence-electron chi connectivity index (χ1n) is 37.1. The summed E-state index contributed by atoms with van der Waals surface area (Å²) >= 11 is 2.30. The van der Waals surface area contributed by atoms with Crippen molar-refractivity contribution in [2.24, 2.45) is 11.8 Å². The fourth-order valence-electron chi connectivity index (χ4n) is 13.6. The molecular formula is C76H139IO15SSi5. The molecule has 0 amide bonds. The highest BCUT2D eigenvalue weighted by molar-refractivity contribution is 14.1. The summed E-state index contributed by atoms with van der Waals surface area (Å²) in [4.78, 5) is 0.101. The van der Waals surface area contributed by atoms with Crippen LogP contribution in [-0.2, 0) is 60.4 Å². The molecule has 0 radical (unpaired) electrons. The van der Waals surface area contributed by atoms with Crippen LogP contribution in [0, 0.1) is 11.8 Å². The van der Waals surface area contributed by atoms with Crippen molar-refractivity contribution >= 4 is 74.0 Å². The molecular weight excluding hydrogens is 1450 g/mol. The van der Waals surface area contributed by atoms with E-state index in [1.54, 1.807) is 31.4 Å². The van der Waals surface area contributed by atoms with Gasteiger partial charge in [-0.25, -0.2) is 8.42 Å². The van der Waals surface area contributed by atoms with E-state index in [0.717, 1.165) is 43.3 Å². The smallest absolute Gasteiger partial charge is 0.193 e. The molecule has 1 aromatic carbocycles. The molecule has 5 aliphatic rings. The summed E-state index contributed by atoms with van der Waals surface area (Å²) < 4.78 is 115. The van der Waals surface area contributed by atoms with Crippen LogP contribution in [0.15, 0.2) is 69.7 Å². The maximum Gasteiger partial charge on any atom is 0.193 e. The van der Waals surface area contributed by atoms with Crippen molar-refractivity contribution in [3.63, 3.8) is 0 Å². The molecule has 19 atom stereocenters. The lowest BCUT2D eigenvalue weighted by molar-refractivity contribution is -0.268. The number of aliphatic hydroxyl groups excluding tert-OH is 2. The maximum atomic E-state index is 16.3. The van der Waals surface area contributed by atoms with E-state index in [9.17, 15) is 10.2 Å². The van der Waals surface area contributed by atoms with Gasteiger partial charge in [0.1, 0.15) is 24.4 Å². The van der Waals surface area contributed by atoms with E-state index in [0.29, 0.717) is 32.3 Å². The minimum Gasteiger partial charge on any atom is -0.414 e. The number of aliphatic hydroxyl groups is 2. The lowest BCUT2D eigenvalue weighted by Crippen LogP contribution is -2.69. The van der Waals surface area contributed by atoms with Gasteiger partial charge in [0.15, 0.2) is 51.4 Å². The van der Waals surface area contributed by atoms with Crippen LogP contribution in [0.3, 0.4) is 0 Å². The average Bonchev–Trinajstić information content (AvgIpc) is 1.19. The molecule has 98 heavy (non-hydrogen) atoms. The van der Waals surface area contributed by atoms with Gasteiger partial charge in [-0.05, 0) is 181 Å². The second-order valence-electron chi connectivity index (χ2n) is 37.5. The quantitative estimate of drug-likeness (QED) is 0.0422. The van der Waals surface area contributed by atoms with Crippen LogP contribution in [0.2, 0.25) is 90.7 Å². The molecule has 0 aromatic heterocycles. The first kappa shape index (κ1) is 86.6. The molecule has 22 heteroatoms. The number of ether oxygens (including phenoxy) is 6. The normalized spacial score (nSPS) is 30.8. The number of rotatable bonds is 30. The van der Waals surface area contributed by atoms with E-state index in [4.69, 9.17) is 57.1 Å². The summed E-state index contributed by atoms with van der Waals surface area (Å²) in [5.41, 5.74) is 2.00. The standard InChI is InChI=1S/C76H139IO15SSi5/c1-50-44-54(37-39-59-51(2)45-53(84-59)34-33-43-78)85-62(52(50)3)48-63-65(66(82-19)64(87-63)47-56(89-95(22,23)73(7,8)9)49-83-94(20,21)72(4,5)6)71(93(80,81)57-35-31-30-32-36-57)58(79)46-55-38-40-60-67(86-55)69(91-97(26,27)75(13,14)15)70(92-98(28,29)76(16,17)18)68(88-60)61(41-42-77)90-96(24,25)74(10,11)12/h30-32,35-36,41-42,50,53-56,58-71,78-79H,2-3,33-34,37-40,43-49H2,1,4-29H3/t50-,53+,54+,55?,56+,58?,59?,60+,61+,62?,63+,64-,65+,66+,67?,68+,69+,70-,71?/m1/s1. The second-order valence-corrected chi connectivity index (χ2v) is 64.1. The van der Waals surface area contributed by atoms with E-state index >= 15 is 8.42 Å². The van der Waals surface area contributed by atoms with Gasteiger partial charge in [-0.1, -0.05) is 165 Å². The minimum absolute atomic E-state index is 0.0124. The van der Waals surface area contributed by atoms with Gasteiger partial charge in [0.05, 0.1) is 90.0 Å². The third-order valence-corrected chi connectivity index (χ3v) is 50.1. The summed E-state index contributed by atoms with van der Waals surface area (Å²) in [6, 6.07) is 8.57. The minimum atomic E-state index is -4.42. The van der Waals surface area contributed by atoms with E-state index in [1.165, 1.54) is 0 Å². The van der Waals surface area contributed by atoms with E-state index in [1.807, 2.05) is 10.1 Å². The van der Waals surface area contributed by atoms with Crippen molar-refractivity contribution in [1.82, 2.24) is 0 Å². The van der Waals surface area contributed by atoms with Gasteiger partial charge in [-0.3, -0.25) is 0 Å². The van der Waals surface area contributed by atoms with Crippen LogP contribution in [0.25, 0.3) is 0 Å². The zero-order chi connectivity index (χ0) is 74.1. The van der Waals surface area contributed by atoms with E-state index in [2.05, 4.69) is 211 Å². The average molecular weight is 1590 g/mol. The number of fused-ring (bicyclic) bond motifs is 1. The third kappa shape index (κ3) is 21.1. The Balaban J connectivity index is 1.48. The van der Waals surface area contributed by atoms with Crippen molar-refractivity contribution in [3.05, 3.63) is 64.8 Å². The maximum absolute atomic E-state index is 16.3. The van der Waals surface area contributed by atoms with Crippen LogP contribution in [0.4, 0.5) is 0 Å². The van der Waals surface area contributed by atoms with Gasteiger partial charge in [-0.2, -0.15) is 0 Å². The molecule has 6 rings (SSSR count). The van der Waals surface area contributed by atoms with Crippen molar-refractivity contribution in [3.8, 4) is 0 Å². The zero-order valence-electron chi connectivity index (χ0n) is 66.1. The number of hydrogen-bond donors (Lipinski definition) is 2. The highest BCUT2D eigenvalue weighted by Gasteiger charge is 2.61. The molecule has 5 heterocycles. The Morgan fingerprint density at radius 1 is 0.643 bits per heavy atom. The lowest BCUT2D eigenvalue weighted by Gasteiger charge is -2.56. The highest BCUT2D eigenvalue weighted by atomic mass is 127. The fourth-order valence-corrected chi connectivity index (χ4v) is 22.4. The van der Waals surface area contributed by atoms with E-state index in [-0.39, 0.29) is 73.8 Å². The Bertz CT molecular complexity index is 2880. The predicted octanol–water partition coefficient (Wildman–Crippen LogP) is 18.2. The molecule has 566 valence electrons. The topological polar surface area (TPSA) is 176 Å². The molecule has 0 bridgehead atoms. The zero-order valence-corrected chi connectivity index (χ0v) is 74.1. The van der Waals surface area contributed by atoms with Crippen LogP contribution in [-0.4, -0.2) is 183 Å². The molecule has 1 aromatic rings. The van der Waals surface area contributed by atoms with Gasteiger partial charge >= 0.3 is 0 Å². The Morgan fingerprint density at radius 2 is 1.19 bits per heavy atom. The van der Waals surface area contributed by atoms with Gasteiger partial charge in [0.2, 0.25) is 0 Å². The molecule has 5 aliphatic heterocycles. The predicted molar refractivity (Wildman–Crippen MR) is 421 cm³/mol. The third-order valence-electron chi connectivity index (χ3n) is 25.0. The van der Waals surface area contributed by atoms with Crippen LogP contribution in [0.5, 0.6) is 0 Å². The molecule has 2 N–H and O–H groups in total. The van der Waals surface area contributed by atoms with Crippen molar-refractivity contribution < 1.29 is 69.2 Å². The summed E-state index contributed by atoms with van der Waals surface area (Å²) in [6.45, 7) is 68.3. The van der Waals surface area contributed by atoms with Crippen molar-refractivity contribution in [1.29, 1.82) is 0 Å². The van der Waals surface area contributed by atoms with Gasteiger partial charge in [-0.15, -0.1) is 0 Å². The van der Waals surface area contributed by atoms with Gasteiger partial charge in [0.25, 0.3) is 0 Å². The number of hydrogen-bond acceptors (Lipinski definition) is 15. The number of benzene rings is 1. The number of halogens is 1. The Kier molecular flexibility index (Phi) is 29.6. The highest BCUT2D eigenvalue weighted by Crippen LogP contribution is 2.51. The monoisotopic (exact) mass is 1590 g/mol. The second kappa shape index (κ2) is 33.4. The molecule has 5 saturated heterocycles. The molecule has 15 nitrogen and oxygen atoms in total. The van der Waals surface area contributed by atoms with Crippen molar-refractivity contribution in [2.75, 3.05) is 20.3 Å². The Labute approximate surface area is 615 Å². The Hall–Kier alpha value is -0.316. The van der Waals surface area contributed by atoms with Crippen molar-refractivity contribution in [2.45, 2.75) is 380 Å². The molecule has 0 spiro atoms. The SMILES string of the molecule is C=C1C[C@H](CCCO)OC1CC[C@H]1C[C@@H](C)C(=C)C(C[C@@H]2O[C@H](C[C@@H](CO[Si](C)(C)C(C)(C)C)O[Si](C)(C)C(C)(C)C)[C@H](OC)[C@H]2C(C(O)CC2CC[C@@H]3O[C@@H]([C@H](C=CI)O[Si](C)(C)C(C)(C)C)[C@@H](O[Si](C)(C)C(C)(C)C)[C@@H](O[Si](C)(C)C(C)(C)C)C3O2)S(=O)(=O)c2ccccc2)O1. The van der Waals surface area contributed by atoms with Crippen LogP contribution >= 0.6 is 22.6 Å². The summed E-state index contributed by atoms with van der Waals surface area (Å²) in [5, 5.41) is 21.2. The van der Waals surface area contributed by atoms with E-state index < -0.39 is 142 Å². The lowest BCUT2D eigenvalue weighted by atomic mass is 9.80. The van der Waals surface area contributed by atoms with Gasteiger partial charge in [0, 0.05) is 38.9 Å². The number of methoxy groups -OCH3 is 1. The van der Waals surface area contributed by atoms with Gasteiger partial charge < -0.3 is 60.8 Å². The molecule has 5 fully saturated rings. The molecule has 6 unspecified atom stereocenters. The first-order chi connectivity index (χ1) is 44.7. The fraction of sp³-hybridized carbons (Fsp3) is 0.842. The summed E-state index contributed by atoms with van der Waals surface area (Å²) in [7, 11) is -15.2. The largest absolute Gasteiger partial charge is 0.414 e. The first-order valence-corrected chi connectivity index (χ1v) is 54.4. The summed E-state index contributed by atoms with van der Waals surface area (Å²) in [6.07, 6.45) is -0.549. The Morgan fingerprint density at radius 3 is 1.73 bits per heavy atom. The van der Waals surface area contributed by atoms with Crippen LogP contribution < -0.4 is 0 Å². The molecule has 0 saturated carbocycles. The summed E-state index contributed by atoms with van der Waals surface area (Å²) in [5.74, 6) is -0.836.